The van der Waals surface area contributed by atoms with Crippen molar-refractivity contribution in [3.8, 4) is 0 Å². The number of hydrogen-bond acceptors (Lipinski definition) is 6. The summed E-state index contributed by atoms with van der Waals surface area (Å²) >= 11 is 0. The van der Waals surface area contributed by atoms with Crippen molar-refractivity contribution in [3.05, 3.63) is 56.7 Å². The molecule has 0 atom stereocenters. The van der Waals surface area contributed by atoms with Gasteiger partial charge in [-0.25, -0.2) is 14.2 Å². The Morgan fingerprint density at radius 2 is 1.77 bits per heavy atom. The van der Waals surface area contributed by atoms with Crippen LogP contribution in [0.4, 0.5) is 10.1 Å². The van der Waals surface area contributed by atoms with Crippen molar-refractivity contribution in [1.82, 2.24) is 23.6 Å². The quantitative estimate of drug-likeness (QED) is 0.568. The number of methoxy groups -OCH3 is 1. The third-order valence-electron chi connectivity index (χ3n) is 5.88. The number of hydrogen-bond donors (Lipinski definition) is 0. The molecule has 1 fully saturated rings. The first-order chi connectivity index (χ1) is 14.9. The molecule has 0 bridgehead atoms. The first-order valence-corrected chi connectivity index (χ1v) is 10.3. The summed E-state index contributed by atoms with van der Waals surface area (Å²) in [5.74, 6) is 0.499. The van der Waals surface area contributed by atoms with Gasteiger partial charge >= 0.3 is 5.69 Å². The van der Waals surface area contributed by atoms with Crippen LogP contribution < -0.4 is 16.1 Å². The van der Waals surface area contributed by atoms with Gasteiger partial charge < -0.3 is 14.2 Å². The molecule has 0 saturated carbocycles. The van der Waals surface area contributed by atoms with Gasteiger partial charge in [0.1, 0.15) is 11.6 Å². The van der Waals surface area contributed by atoms with Crippen molar-refractivity contribution in [2.45, 2.75) is 13.1 Å². The van der Waals surface area contributed by atoms with Gasteiger partial charge in [-0.3, -0.25) is 18.8 Å². The third-order valence-corrected chi connectivity index (χ3v) is 5.88. The van der Waals surface area contributed by atoms with E-state index in [1.807, 2.05) is 15.5 Å². The van der Waals surface area contributed by atoms with Crippen molar-refractivity contribution in [3.63, 3.8) is 0 Å². The molecule has 0 unspecified atom stereocenters. The van der Waals surface area contributed by atoms with Crippen LogP contribution in [0.1, 0.15) is 5.82 Å². The van der Waals surface area contributed by atoms with Crippen LogP contribution in [0.15, 0.2) is 33.9 Å². The Bertz CT molecular complexity index is 1210. The summed E-state index contributed by atoms with van der Waals surface area (Å²) in [6.45, 7) is 4.27. The summed E-state index contributed by atoms with van der Waals surface area (Å²) in [6.07, 6.45) is 0. The molecule has 2 aromatic heterocycles. The number of rotatable bonds is 6. The van der Waals surface area contributed by atoms with Gasteiger partial charge in [0.15, 0.2) is 11.2 Å². The smallest absolute Gasteiger partial charge is 0.332 e. The second-order valence-corrected chi connectivity index (χ2v) is 7.77. The molecule has 166 valence electrons. The van der Waals surface area contributed by atoms with Gasteiger partial charge in [0, 0.05) is 53.9 Å². The lowest BCUT2D eigenvalue weighted by atomic mass is 10.2. The Labute approximate surface area is 178 Å². The van der Waals surface area contributed by atoms with E-state index in [-0.39, 0.29) is 11.4 Å². The van der Waals surface area contributed by atoms with E-state index in [0.29, 0.717) is 55.5 Å². The average molecular weight is 430 g/mol. The Morgan fingerprint density at radius 1 is 1.06 bits per heavy atom. The molecule has 1 aliphatic heterocycles. The number of aryl methyl sites for hydroxylation is 1. The standard InChI is InChI=1S/C21H27FN6O3/c1-24-19-18(20(29)25(2)21(24)30)28(12-13-31-3)17(23-19)14-26-8-10-27(11-9-26)16-7-5-4-6-15(16)22/h4-7H,8-14H2,1-3H3. The second kappa shape index (κ2) is 8.64. The molecule has 31 heavy (non-hydrogen) atoms. The van der Waals surface area contributed by atoms with Crippen LogP contribution in [0, 0.1) is 5.82 Å². The minimum Gasteiger partial charge on any atom is -0.383 e. The second-order valence-electron chi connectivity index (χ2n) is 7.77. The molecule has 3 heterocycles. The van der Waals surface area contributed by atoms with Gasteiger partial charge in [0.05, 0.1) is 18.8 Å². The van der Waals surface area contributed by atoms with Crippen LogP contribution in [0.5, 0.6) is 0 Å². The number of nitrogens with zero attached hydrogens (tertiary/aromatic N) is 6. The largest absolute Gasteiger partial charge is 0.383 e. The third kappa shape index (κ3) is 3.88. The number of aromatic nitrogens is 4. The predicted molar refractivity (Wildman–Crippen MR) is 116 cm³/mol. The molecule has 0 spiro atoms. The van der Waals surface area contributed by atoms with E-state index >= 15 is 0 Å². The number of fused-ring (bicyclic) bond motifs is 1. The maximum Gasteiger partial charge on any atom is 0.332 e. The van der Waals surface area contributed by atoms with E-state index in [0.717, 1.165) is 17.7 Å². The Morgan fingerprint density at radius 3 is 2.45 bits per heavy atom. The van der Waals surface area contributed by atoms with Gasteiger partial charge in [0.25, 0.3) is 5.56 Å². The van der Waals surface area contributed by atoms with E-state index in [1.54, 1.807) is 26.3 Å². The van der Waals surface area contributed by atoms with E-state index in [1.165, 1.54) is 17.7 Å². The fourth-order valence-corrected chi connectivity index (χ4v) is 4.09. The number of anilines is 1. The fourth-order valence-electron chi connectivity index (χ4n) is 4.09. The minimum absolute atomic E-state index is 0.214. The van der Waals surface area contributed by atoms with Crippen molar-refractivity contribution in [2.24, 2.45) is 14.1 Å². The summed E-state index contributed by atoms with van der Waals surface area (Å²) in [5.41, 5.74) is 0.634. The molecule has 9 nitrogen and oxygen atoms in total. The molecule has 0 aliphatic carbocycles. The SMILES string of the molecule is COCCn1c(CN2CCN(c3ccccc3F)CC2)nc2c1c(=O)n(C)c(=O)n2C. The Balaban J connectivity index is 1.61. The highest BCUT2D eigenvalue weighted by atomic mass is 19.1. The molecular formula is C21H27FN6O3. The van der Waals surface area contributed by atoms with Crippen LogP contribution in [-0.2, 0) is 31.9 Å². The number of benzene rings is 1. The van der Waals surface area contributed by atoms with E-state index in [9.17, 15) is 14.0 Å². The predicted octanol–water partition coefficient (Wildman–Crippen LogP) is 0.541. The summed E-state index contributed by atoms with van der Waals surface area (Å²) in [6, 6.07) is 6.81. The molecule has 1 aliphatic rings. The molecule has 10 heteroatoms. The first-order valence-electron chi connectivity index (χ1n) is 10.3. The number of ether oxygens (including phenoxy) is 1. The Hall–Kier alpha value is -2.98. The summed E-state index contributed by atoms with van der Waals surface area (Å²) < 4.78 is 23.7. The zero-order chi connectivity index (χ0) is 22.1. The molecular weight excluding hydrogens is 403 g/mol. The Kier molecular flexibility index (Phi) is 5.92. The van der Waals surface area contributed by atoms with Crippen molar-refractivity contribution in [2.75, 3.05) is 44.8 Å². The number of piperazine rings is 1. The average Bonchev–Trinajstić information content (AvgIpc) is 3.14. The normalized spacial score (nSPS) is 15.2. The fraction of sp³-hybridized carbons (Fsp3) is 0.476. The molecule has 1 aromatic carbocycles. The van der Waals surface area contributed by atoms with E-state index < -0.39 is 5.69 Å². The summed E-state index contributed by atoms with van der Waals surface area (Å²) in [5, 5.41) is 0. The van der Waals surface area contributed by atoms with Crippen molar-refractivity contribution < 1.29 is 9.13 Å². The van der Waals surface area contributed by atoms with Crippen molar-refractivity contribution >= 4 is 16.9 Å². The summed E-state index contributed by atoms with van der Waals surface area (Å²) in [7, 11) is 4.70. The van der Waals surface area contributed by atoms with Gasteiger partial charge in [-0.2, -0.15) is 0 Å². The zero-order valence-corrected chi connectivity index (χ0v) is 18.0. The van der Waals surface area contributed by atoms with Gasteiger partial charge in [-0.05, 0) is 12.1 Å². The van der Waals surface area contributed by atoms with Gasteiger partial charge in [0.2, 0.25) is 0 Å². The molecule has 3 aromatic rings. The molecule has 0 N–H and O–H groups in total. The monoisotopic (exact) mass is 430 g/mol. The number of halogens is 1. The lowest BCUT2D eigenvalue weighted by Crippen LogP contribution is -2.46. The molecule has 0 radical (unpaired) electrons. The van der Waals surface area contributed by atoms with Crippen molar-refractivity contribution in [1.29, 1.82) is 0 Å². The maximum absolute atomic E-state index is 14.1. The molecule has 4 rings (SSSR count). The zero-order valence-electron chi connectivity index (χ0n) is 18.0. The lowest BCUT2D eigenvalue weighted by Gasteiger charge is -2.36. The highest BCUT2D eigenvalue weighted by Crippen LogP contribution is 2.21. The van der Waals surface area contributed by atoms with E-state index in [2.05, 4.69) is 9.88 Å². The minimum atomic E-state index is -0.404. The van der Waals surface area contributed by atoms with Gasteiger partial charge in [-0.1, -0.05) is 12.1 Å². The van der Waals surface area contributed by atoms with Crippen LogP contribution in [0.3, 0.4) is 0 Å². The van der Waals surface area contributed by atoms with Gasteiger partial charge in [-0.15, -0.1) is 0 Å². The molecule has 0 amide bonds. The van der Waals surface area contributed by atoms with Crippen LogP contribution in [0.2, 0.25) is 0 Å². The van der Waals surface area contributed by atoms with Crippen LogP contribution >= 0.6 is 0 Å². The van der Waals surface area contributed by atoms with Crippen LogP contribution in [0.25, 0.3) is 11.2 Å². The topological polar surface area (TPSA) is 77.5 Å². The van der Waals surface area contributed by atoms with Crippen LogP contribution in [-0.4, -0.2) is 63.5 Å². The van der Waals surface area contributed by atoms with E-state index in [4.69, 9.17) is 4.74 Å². The molecule has 1 saturated heterocycles. The summed E-state index contributed by atoms with van der Waals surface area (Å²) in [4.78, 5) is 34.1. The highest BCUT2D eigenvalue weighted by molar-refractivity contribution is 5.71. The lowest BCUT2D eigenvalue weighted by molar-refractivity contribution is 0.184. The first kappa shape index (κ1) is 21.3. The highest BCUT2D eigenvalue weighted by Gasteiger charge is 2.23. The number of para-hydroxylation sites is 1. The number of imidazole rings is 1. The maximum atomic E-state index is 14.1.